The maximum atomic E-state index is 13.4. The third kappa shape index (κ3) is 4.39. The number of halogens is 1. The summed E-state index contributed by atoms with van der Waals surface area (Å²) in [6.07, 6.45) is 0.628. The number of nitriles is 1. The van der Waals surface area contributed by atoms with E-state index in [1.165, 1.54) is 12.1 Å². The van der Waals surface area contributed by atoms with Crippen molar-refractivity contribution in [2.45, 2.75) is 31.6 Å². The molecular weight excluding hydrogens is 373 g/mol. The third-order valence-corrected chi connectivity index (χ3v) is 5.14. The number of carbonyl (C=O) groups excluding carboxylic acids is 1. The van der Waals surface area contributed by atoms with E-state index in [2.05, 4.69) is 16.7 Å². The second-order valence-corrected chi connectivity index (χ2v) is 7.23. The van der Waals surface area contributed by atoms with E-state index in [-0.39, 0.29) is 11.7 Å². The summed E-state index contributed by atoms with van der Waals surface area (Å²) < 4.78 is 24.8. The van der Waals surface area contributed by atoms with Crippen molar-refractivity contribution in [1.29, 1.82) is 5.26 Å². The molecule has 29 heavy (non-hydrogen) atoms. The molecule has 150 valence electrons. The molecule has 2 aliphatic heterocycles. The Balaban J connectivity index is 1.46. The monoisotopic (exact) mass is 395 g/mol. The molecule has 6 nitrogen and oxygen atoms in total. The summed E-state index contributed by atoms with van der Waals surface area (Å²) in [5.41, 5.74) is 3.53. The number of ether oxygens (including phenoxy) is 2. The van der Waals surface area contributed by atoms with E-state index in [0.29, 0.717) is 31.9 Å². The van der Waals surface area contributed by atoms with Gasteiger partial charge in [0, 0.05) is 30.7 Å². The Morgan fingerprint density at radius 3 is 3.03 bits per heavy atom. The smallest absolute Gasteiger partial charge is 0.251 e. The zero-order valence-corrected chi connectivity index (χ0v) is 15.9. The summed E-state index contributed by atoms with van der Waals surface area (Å²) in [5, 5.41) is 15.4. The number of hydrogen-bond acceptors (Lipinski definition) is 5. The molecule has 0 unspecified atom stereocenters. The quantitative estimate of drug-likeness (QED) is 0.830. The first-order valence-electron chi connectivity index (χ1n) is 9.71. The highest BCUT2D eigenvalue weighted by Crippen LogP contribution is 2.38. The molecule has 0 aromatic heterocycles. The number of amides is 1. The Kier molecular flexibility index (Phi) is 5.74. The van der Waals surface area contributed by atoms with Gasteiger partial charge in [0.05, 0.1) is 6.07 Å². The van der Waals surface area contributed by atoms with Crippen molar-refractivity contribution in [2.75, 3.05) is 19.7 Å². The SMILES string of the molecule is N#C[C@@H](Cc1ccc2c(c1)OCc1cc(F)ccc1-2)NC(=O)[C@@H]1CNCCCO1. The van der Waals surface area contributed by atoms with Crippen molar-refractivity contribution in [2.24, 2.45) is 0 Å². The van der Waals surface area contributed by atoms with E-state index in [0.717, 1.165) is 35.2 Å². The fourth-order valence-corrected chi connectivity index (χ4v) is 3.65. The number of benzene rings is 2. The molecule has 2 atom stereocenters. The van der Waals surface area contributed by atoms with Crippen LogP contribution in [0.5, 0.6) is 5.75 Å². The number of rotatable bonds is 4. The van der Waals surface area contributed by atoms with Crippen LogP contribution in [-0.4, -0.2) is 37.7 Å². The summed E-state index contributed by atoms with van der Waals surface area (Å²) in [5.74, 6) is 0.130. The van der Waals surface area contributed by atoms with Gasteiger partial charge in [-0.1, -0.05) is 18.2 Å². The molecule has 4 rings (SSSR count). The van der Waals surface area contributed by atoms with Gasteiger partial charge in [0.2, 0.25) is 0 Å². The molecule has 0 saturated carbocycles. The van der Waals surface area contributed by atoms with Gasteiger partial charge in [0.15, 0.2) is 0 Å². The van der Waals surface area contributed by atoms with Crippen LogP contribution in [0.1, 0.15) is 17.5 Å². The summed E-state index contributed by atoms with van der Waals surface area (Å²) in [6, 6.07) is 11.8. The minimum atomic E-state index is -0.669. The molecule has 2 aromatic carbocycles. The fraction of sp³-hybridized carbons (Fsp3) is 0.364. The molecule has 2 N–H and O–H groups in total. The van der Waals surface area contributed by atoms with Gasteiger partial charge in [-0.25, -0.2) is 4.39 Å². The van der Waals surface area contributed by atoms with Crippen molar-refractivity contribution in [3.05, 3.63) is 53.3 Å². The van der Waals surface area contributed by atoms with Gasteiger partial charge in [-0.15, -0.1) is 0 Å². The summed E-state index contributed by atoms with van der Waals surface area (Å²) in [6.45, 7) is 2.08. The Morgan fingerprint density at radius 1 is 1.31 bits per heavy atom. The Labute approximate surface area is 168 Å². The van der Waals surface area contributed by atoms with Gasteiger partial charge < -0.3 is 20.1 Å². The van der Waals surface area contributed by atoms with E-state index in [4.69, 9.17) is 9.47 Å². The van der Waals surface area contributed by atoms with Crippen LogP contribution in [0.25, 0.3) is 11.1 Å². The van der Waals surface area contributed by atoms with Crippen molar-refractivity contribution in [3.8, 4) is 22.9 Å². The molecule has 2 aromatic rings. The average molecular weight is 395 g/mol. The molecule has 0 bridgehead atoms. The normalized spacial score (nSPS) is 19.0. The lowest BCUT2D eigenvalue weighted by molar-refractivity contribution is -0.132. The minimum absolute atomic E-state index is 0.281. The average Bonchev–Trinajstić information content (AvgIpc) is 3.02. The van der Waals surface area contributed by atoms with Crippen LogP contribution in [0.15, 0.2) is 36.4 Å². The van der Waals surface area contributed by atoms with Crippen LogP contribution >= 0.6 is 0 Å². The predicted molar refractivity (Wildman–Crippen MR) is 105 cm³/mol. The fourth-order valence-electron chi connectivity index (χ4n) is 3.65. The first-order valence-corrected chi connectivity index (χ1v) is 9.71. The lowest BCUT2D eigenvalue weighted by Crippen LogP contribution is -2.46. The maximum absolute atomic E-state index is 13.4. The molecule has 7 heteroatoms. The number of nitrogens with zero attached hydrogens (tertiary/aromatic N) is 1. The standard InChI is InChI=1S/C22H22FN3O3/c23-16-3-5-18-15(10-16)13-29-20-9-14(2-4-19(18)20)8-17(11-24)26-22(27)21-12-25-6-1-7-28-21/h2-5,9-10,17,21,25H,1,6-8,12-13H2,(H,26,27)/t17-,21+/m1/s1. The topological polar surface area (TPSA) is 83.4 Å². The lowest BCUT2D eigenvalue weighted by Gasteiger charge is -2.22. The van der Waals surface area contributed by atoms with Crippen LogP contribution < -0.4 is 15.4 Å². The Bertz CT molecular complexity index is 949. The van der Waals surface area contributed by atoms with Gasteiger partial charge in [0.25, 0.3) is 5.91 Å². The zero-order chi connectivity index (χ0) is 20.2. The number of fused-ring (bicyclic) bond motifs is 3. The van der Waals surface area contributed by atoms with Crippen molar-refractivity contribution >= 4 is 5.91 Å². The highest BCUT2D eigenvalue weighted by atomic mass is 19.1. The second-order valence-electron chi connectivity index (χ2n) is 7.23. The molecule has 1 saturated heterocycles. The highest BCUT2D eigenvalue weighted by Gasteiger charge is 2.24. The van der Waals surface area contributed by atoms with Gasteiger partial charge in [-0.05, 0) is 42.3 Å². The molecule has 2 aliphatic rings. The van der Waals surface area contributed by atoms with Crippen LogP contribution in [0, 0.1) is 17.1 Å². The zero-order valence-electron chi connectivity index (χ0n) is 15.9. The van der Waals surface area contributed by atoms with Gasteiger partial charge >= 0.3 is 0 Å². The van der Waals surface area contributed by atoms with Crippen LogP contribution in [0.3, 0.4) is 0 Å². The van der Waals surface area contributed by atoms with Crippen LogP contribution in [0.2, 0.25) is 0 Å². The molecule has 0 spiro atoms. The van der Waals surface area contributed by atoms with E-state index in [1.54, 1.807) is 6.07 Å². The molecule has 1 fully saturated rings. The molecule has 0 aliphatic carbocycles. The second kappa shape index (κ2) is 8.60. The first-order chi connectivity index (χ1) is 14.1. The molecular formula is C22H22FN3O3. The largest absolute Gasteiger partial charge is 0.488 e. The summed E-state index contributed by atoms with van der Waals surface area (Å²) in [4.78, 5) is 12.4. The van der Waals surface area contributed by atoms with E-state index >= 15 is 0 Å². The minimum Gasteiger partial charge on any atom is -0.488 e. The van der Waals surface area contributed by atoms with Crippen LogP contribution in [0.4, 0.5) is 4.39 Å². The van der Waals surface area contributed by atoms with Crippen LogP contribution in [-0.2, 0) is 22.6 Å². The van der Waals surface area contributed by atoms with Gasteiger partial charge in [-0.2, -0.15) is 5.26 Å². The molecule has 1 amide bonds. The Morgan fingerprint density at radius 2 is 2.17 bits per heavy atom. The van der Waals surface area contributed by atoms with Gasteiger partial charge in [0.1, 0.15) is 30.3 Å². The maximum Gasteiger partial charge on any atom is 0.251 e. The first kappa shape index (κ1) is 19.4. The van der Waals surface area contributed by atoms with E-state index < -0.39 is 12.1 Å². The van der Waals surface area contributed by atoms with E-state index in [9.17, 15) is 14.4 Å². The summed E-state index contributed by atoms with van der Waals surface area (Å²) >= 11 is 0. The highest BCUT2D eigenvalue weighted by molar-refractivity contribution is 5.81. The predicted octanol–water partition coefficient (Wildman–Crippen LogP) is 2.31. The number of carbonyl (C=O) groups is 1. The number of nitrogens with one attached hydrogen (secondary N) is 2. The summed E-state index contributed by atoms with van der Waals surface area (Å²) in [7, 11) is 0. The van der Waals surface area contributed by atoms with Gasteiger partial charge in [-0.3, -0.25) is 4.79 Å². The Hall–Kier alpha value is -2.95. The van der Waals surface area contributed by atoms with Crippen molar-refractivity contribution < 1.29 is 18.7 Å². The van der Waals surface area contributed by atoms with E-state index in [1.807, 2.05) is 18.2 Å². The lowest BCUT2D eigenvalue weighted by atomic mass is 9.94. The molecule has 2 heterocycles. The third-order valence-electron chi connectivity index (χ3n) is 5.14. The molecule has 0 radical (unpaired) electrons. The van der Waals surface area contributed by atoms with Crippen molar-refractivity contribution in [3.63, 3.8) is 0 Å². The number of hydrogen-bond donors (Lipinski definition) is 2. The van der Waals surface area contributed by atoms with Crippen molar-refractivity contribution in [1.82, 2.24) is 10.6 Å².